The van der Waals surface area contributed by atoms with Gasteiger partial charge >= 0.3 is 0 Å². The van der Waals surface area contributed by atoms with Crippen LogP contribution in [0.1, 0.15) is 22.5 Å². The SMILES string of the molecule is Cc1nnc2[nH]c(C)c(C)c(=O)c2c1C. The van der Waals surface area contributed by atoms with E-state index in [1.807, 2.05) is 27.7 Å². The Hall–Kier alpha value is -1.71. The third kappa shape index (κ3) is 1.33. The Morgan fingerprint density at radius 2 is 1.67 bits per heavy atom. The molecule has 0 amide bonds. The van der Waals surface area contributed by atoms with E-state index in [-0.39, 0.29) is 5.43 Å². The molecule has 0 spiro atoms. The Morgan fingerprint density at radius 1 is 1.00 bits per heavy atom. The number of hydrogen-bond donors (Lipinski definition) is 1. The van der Waals surface area contributed by atoms with Gasteiger partial charge in [-0.05, 0) is 33.3 Å². The van der Waals surface area contributed by atoms with Gasteiger partial charge < -0.3 is 4.98 Å². The fraction of sp³-hybridized carbons (Fsp3) is 0.364. The summed E-state index contributed by atoms with van der Waals surface area (Å²) in [5, 5.41) is 8.66. The maximum absolute atomic E-state index is 12.0. The quantitative estimate of drug-likeness (QED) is 0.706. The highest BCUT2D eigenvalue weighted by atomic mass is 16.1. The van der Waals surface area contributed by atoms with Crippen molar-refractivity contribution in [2.45, 2.75) is 27.7 Å². The first-order valence-electron chi connectivity index (χ1n) is 4.85. The molecule has 78 valence electrons. The number of aromatic nitrogens is 3. The average molecular weight is 203 g/mol. The number of aryl methyl sites for hydroxylation is 3. The molecule has 0 unspecified atom stereocenters. The van der Waals surface area contributed by atoms with Crippen LogP contribution in [0, 0.1) is 27.7 Å². The number of fused-ring (bicyclic) bond motifs is 1. The van der Waals surface area contributed by atoms with Gasteiger partial charge in [0, 0.05) is 11.3 Å². The second-order valence-electron chi connectivity index (χ2n) is 3.84. The molecule has 4 nitrogen and oxygen atoms in total. The molecule has 1 N–H and O–H groups in total. The van der Waals surface area contributed by atoms with Gasteiger partial charge in [-0.1, -0.05) is 0 Å². The second kappa shape index (κ2) is 3.15. The number of hydrogen-bond acceptors (Lipinski definition) is 3. The molecule has 0 aromatic carbocycles. The van der Waals surface area contributed by atoms with Crippen LogP contribution in [0.2, 0.25) is 0 Å². The lowest BCUT2D eigenvalue weighted by atomic mass is 10.1. The van der Waals surface area contributed by atoms with Crippen molar-refractivity contribution in [1.82, 2.24) is 15.2 Å². The van der Waals surface area contributed by atoms with Crippen molar-refractivity contribution in [3.63, 3.8) is 0 Å². The number of nitrogens with zero attached hydrogens (tertiary/aromatic N) is 2. The fourth-order valence-electron chi connectivity index (χ4n) is 1.60. The first kappa shape index (κ1) is 9.83. The van der Waals surface area contributed by atoms with Crippen molar-refractivity contribution in [3.8, 4) is 0 Å². The maximum Gasteiger partial charge on any atom is 0.194 e. The van der Waals surface area contributed by atoms with Gasteiger partial charge in [0.15, 0.2) is 11.1 Å². The highest BCUT2D eigenvalue weighted by Gasteiger charge is 2.10. The van der Waals surface area contributed by atoms with Gasteiger partial charge in [-0.2, -0.15) is 5.10 Å². The number of rotatable bonds is 0. The normalized spacial score (nSPS) is 10.9. The van der Waals surface area contributed by atoms with E-state index in [0.717, 1.165) is 22.5 Å². The summed E-state index contributed by atoms with van der Waals surface area (Å²) >= 11 is 0. The van der Waals surface area contributed by atoms with E-state index in [4.69, 9.17) is 0 Å². The van der Waals surface area contributed by atoms with Crippen LogP contribution in [0.3, 0.4) is 0 Å². The maximum atomic E-state index is 12.0. The Bertz CT molecular complexity index is 599. The van der Waals surface area contributed by atoms with E-state index in [1.54, 1.807) is 0 Å². The molecule has 0 saturated heterocycles. The number of aromatic amines is 1. The van der Waals surface area contributed by atoms with Gasteiger partial charge in [0.05, 0.1) is 11.1 Å². The van der Waals surface area contributed by atoms with E-state index in [2.05, 4.69) is 15.2 Å². The summed E-state index contributed by atoms with van der Waals surface area (Å²) in [5.74, 6) is 0. The molecule has 0 atom stereocenters. The average Bonchev–Trinajstić information content (AvgIpc) is 2.20. The molecule has 2 aromatic heterocycles. The highest BCUT2D eigenvalue weighted by molar-refractivity contribution is 5.79. The molecule has 2 heterocycles. The summed E-state index contributed by atoms with van der Waals surface area (Å²) in [6, 6.07) is 0. The van der Waals surface area contributed by atoms with Gasteiger partial charge in [0.25, 0.3) is 0 Å². The summed E-state index contributed by atoms with van der Waals surface area (Å²) in [5.41, 5.74) is 3.94. The van der Waals surface area contributed by atoms with E-state index in [0.29, 0.717) is 11.0 Å². The van der Waals surface area contributed by atoms with Crippen LogP contribution in [-0.4, -0.2) is 15.2 Å². The predicted molar refractivity (Wildman–Crippen MR) is 59.1 cm³/mol. The van der Waals surface area contributed by atoms with Crippen molar-refractivity contribution in [3.05, 3.63) is 32.7 Å². The van der Waals surface area contributed by atoms with Crippen LogP contribution in [0.25, 0.3) is 11.0 Å². The molecular formula is C11H13N3O. The van der Waals surface area contributed by atoms with E-state index in [1.165, 1.54) is 0 Å². The molecule has 0 aliphatic carbocycles. The van der Waals surface area contributed by atoms with E-state index < -0.39 is 0 Å². The van der Waals surface area contributed by atoms with Crippen LogP contribution in [0.15, 0.2) is 4.79 Å². The summed E-state index contributed by atoms with van der Waals surface area (Å²) in [6.45, 7) is 7.45. The zero-order valence-electron chi connectivity index (χ0n) is 9.30. The number of pyridine rings is 1. The van der Waals surface area contributed by atoms with Crippen molar-refractivity contribution in [2.75, 3.05) is 0 Å². The molecule has 0 radical (unpaired) electrons. The van der Waals surface area contributed by atoms with E-state index >= 15 is 0 Å². The zero-order chi connectivity index (χ0) is 11.2. The molecule has 15 heavy (non-hydrogen) atoms. The van der Waals surface area contributed by atoms with Crippen molar-refractivity contribution in [1.29, 1.82) is 0 Å². The molecule has 2 aromatic rings. The molecule has 0 aliphatic heterocycles. The molecule has 4 heteroatoms. The lowest BCUT2D eigenvalue weighted by Crippen LogP contribution is -2.13. The molecule has 0 fully saturated rings. The first-order valence-corrected chi connectivity index (χ1v) is 4.85. The standard InChI is InChI=1S/C11H13N3O/c1-5-8(4)13-14-11-9(5)10(15)6(2)7(3)12-11/h1-4H3,(H,12,14,15). The van der Waals surface area contributed by atoms with Gasteiger partial charge in [0.1, 0.15) is 0 Å². The zero-order valence-corrected chi connectivity index (χ0v) is 9.30. The summed E-state index contributed by atoms with van der Waals surface area (Å²) in [6.07, 6.45) is 0. The van der Waals surface area contributed by atoms with Crippen LogP contribution >= 0.6 is 0 Å². The Labute approximate surface area is 87.4 Å². The van der Waals surface area contributed by atoms with Gasteiger partial charge in [-0.25, -0.2) is 0 Å². The first-order chi connectivity index (χ1) is 7.02. The minimum atomic E-state index is 0.0525. The molecule has 0 saturated carbocycles. The van der Waals surface area contributed by atoms with Crippen LogP contribution in [0.5, 0.6) is 0 Å². The van der Waals surface area contributed by atoms with Gasteiger partial charge in [-0.15, -0.1) is 5.10 Å². The summed E-state index contributed by atoms with van der Waals surface area (Å²) in [7, 11) is 0. The molecule has 0 bridgehead atoms. The van der Waals surface area contributed by atoms with Crippen molar-refractivity contribution >= 4 is 11.0 Å². The van der Waals surface area contributed by atoms with Gasteiger partial charge in [-0.3, -0.25) is 4.79 Å². The van der Waals surface area contributed by atoms with Crippen molar-refractivity contribution in [2.24, 2.45) is 0 Å². The minimum absolute atomic E-state index is 0.0525. The smallest absolute Gasteiger partial charge is 0.194 e. The fourth-order valence-corrected chi connectivity index (χ4v) is 1.60. The molecule has 0 aliphatic rings. The largest absolute Gasteiger partial charge is 0.342 e. The van der Waals surface area contributed by atoms with Crippen LogP contribution in [-0.2, 0) is 0 Å². The molecule has 2 rings (SSSR count). The van der Waals surface area contributed by atoms with Crippen LogP contribution < -0.4 is 5.43 Å². The molecular weight excluding hydrogens is 190 g/mol. The van der Waals surface area contributed by atoms with Crippen LogP contribution in [0.4, 0.5) is 0 Å². The third-order valence-electron chi connectivity index (χ3n) is 2.89. The Balaban J connectivity index is 3.08. The van der Waals surface area contributed by atoms with Crippen molar-refractivity contribution < 1.29 is 0 Å². The Morgan fingerprint density at radius 3 is 2.33 bits per heavy atom. The number of nitrogens with one attached hydrogen (secondary N) is 1. The summed E-state index contributed by atoms with van der Waals surface area (Å²) in [4.78, 5) is 15.1. The lowest BCUT2D eigenvalue weighted by Gasteiger charge is -2.06. The highest BCUT2D eigenvalue weighted by Crippen LogP contribution is 2.13. The Kier molecular flexibility index (Phi) is 2.07. The lowest BCUT2D eigenvalue weighted by molar-refractivity contribution is 0.972. The van der Waals surface area contributed by atoms with Gasteiger partial charge in [0.2, 0.25) is 0 Å². The predicted octanol–water partition coefficient (Wildman–Crippen LogP) is 1.55. The summed E-state index contributed by atoms with van der Waals surface area (Å²) < 4.78 is 0. The third-order valence-corrected chi connectivity index (χ3v) is 2.89. The monoisotopic (exact) mass is 203 g/mol. The topological polar surface area (TPSA) is 58.6 Å². The second-order valence-corrected chi connectivity index (χ2v) is 3.84. The minimum Gasteiger partial charge on any atom is -0.342 e. The number of H-pyrrole nitrogens is 1. The van der Waals surface area contributed by atoms with E-state index in [9.17, 15) is 4.79 Å².